The number of alkyl halides is 3. The molecule has 1 rings (SSSR count). The van der Waals surface area contributed by atoms with E-state index in [1.165, 1.54) is 12.4 Å². The molecule has 1 aromatic heterocycles. The van der Waals surface area contributed by atoms with Crippen molar-refractivity contribution < 1.29 is 13.2 Å². The van der Waals surface area contributed by atoms with Crippen LogP contribution in [0.1, 0.15) is 12.5 Å². The lowest BCUT2D eigenvalue weighted by Crippen LogP contribution is -2.17. The lowest BCUT2D eigenvalue weighted by Gasteiger charge is -2.04. The van der Waals surface area contributed by atoms with E-state index in [1.54, 1.807) is 6.92 Å². The first-order chi connectivity index (χ1) is 5.88. The first-order valence-electron chi connectivity index (χ1n) is 3.63. The fraction of sp³-hybridized carbons (Fsp3) is 0.375. The van der Waals surface area contributed by atoms with Crippen LogP contribution in [0.5, 0.6) is 0 Å². The van der Waals surface area contributed by atoms with Gasteiger partial charge in [-0.1, -0.05) is 6.58 Å². The fourth-order valence-electron chi connectivity index (χ4n) is 0.854. The third kappa shape index (κ3) is 2.93. The molecule has 72 valence electrons. The summed E-state index contributed by atoms with van der Waals surface area (Å²) in [6, 6.07) is 0. The smallest absolute Gasteiger partial charge is 0.263 e. The molecule has 0 amide bonds. The molecule has 0 aliphatic carbocycles. The van der Waals surface area contributed by atoms with Crippen LogP contribution >= 0.6 is 0 Å². The predicted octanol–water partition coefficient (Wildman–Crippen LogP) is 2.48. The van der Waals surface area contributed by atoms with Gasteiger partial charge >= 0.3 is 6.18 Å². The SMILES string of the molecule is C=C(C)c1cnn(CC(F)(F)F)c1. The topological polar surface area (TPSA) is 17.8 Å². The van der Waals surface area contributed by atoms with Crippen LogP contribution < -0.4 is 0 Å². The second-order valence-corrected chi connectivity index (χ2v) is 2.82. The molecule has 5 heteroatoms. The molecule has 0 radical (unpaired) electrons. The highest BCUT2D eigenvalue weighted by Gasteiger charge is 2.28. The van der Waals surface area contributed by atoms with Crippen LogP contribution in [0.25, 0.3) is 5.57 Å². The first-order valence-corrected chi connectivity index (χ1v) is 3.63. The minimum atomic E-state index is -4.22. The largest absolute Gasteiger partial charge is 0.408 e. The second-order valence-electron chi connectivity index (χ2n) is 2.82. The molecule has 0 saturated carbocycles. The van der Waals surface area contributed by atoms with Crippen molar-refractivity contribution in [2.45, 2.75) is 19.6 Å². The van der Waals surface area contributed by atoms with E-state index in [4.69, 9.17) is 0 Å². The van der Waals surface area contributed by atoms with E-state index in [-0.39, 0.29) is 0 Å². The van der Waals surface area contributed by atoms with E-state index in [0.29, 0.717) is 11.1 Å². The molecule has 1 heterocycles. The molecule has 0 N–H and O–H groups in total. The van der Waals surface area contributed by atoms with Crippen LogP contribution in [0.4, 0.5) is 13.2 Å². The van der Waals surface area contributed by atoms with E-state index < -0.39 is 12.7 Å². The minimum Gasteiger partial charge on any atom is -0.263 e. The normalized spacial score (nSPS) is 11.7. The second kappa shape index (κ2) is 3.24. The van der Waals surface area contributed by atoms with Crippen molar-refractivity contribution in [3.05, 3.63) is 24.5 Å². The Morgan fingerprint density at radius 3 is 2.62 bits per heavy atom. The van der Waals surface area contributed by atoms with Gasteiger partial charge in [-0.25, -0.2) is 0 Å². The average Bonchev–Trinajstić information content (AvgIpc) is 2.31. The standard InChI is InChI=1S/C8H9F3N2/c1-6(2)7-3-12-13(4-7)5-8(9,10)11/h3-4H,1,5H2,2H3. The summed E-state index contributed by atoms with van der Waals surface area (Å²) in [7, 11) is 0. The number of aromatic nitrogens is 2. The number of rotatable bonds is 2. The van der Waals surface area contributed by atoms with Gasteiger partial charge in [0, 0.05) is 11.8 Å². The fourth-order valence-corrected chi connectivity index (χ4v) is 0.854. The zero-order valence-corrected chi connectivity index (χ0v) is 7.10. The van der Waals surface area contributed by atoms with Crippen molar-refractivity contribution in [3.63, 3.8) is 0 Å². The summed E-state index contributed by atoms with van der Waals surface area (Å²) in [5.74, 6) is 0. The Kier molecular flexibility index (Phi) is 2.45. The summed E-state index contributed by atoms with van der Waals surface area (Å²) in [6.07, 6.45) is -1.53. The zero-order valence-electron chi connectivity index (χ0n) is 7.10. The highest BCUT2D eigenvalue weighted by Crippen LogP contribution is 2.18. The van der Waals surface area contributed by atoms with Crippen molar-refractivity contribution in [2.75, 3.05) is 0 Å². The van der Waals surface area contributed by atoms with Crippen molar-refractivity contribution in [3.8, 4) is 0 Å². The molecule has 0 aromatic carbocycles. The van der Waals surface area contributed by atoms with Crippen LogP contribution in [-0.2, 0) is 6.54 Å². The van der Waals surface area contributed by atoms with E-state index >= 15 is 0 Å². The lowest BCUT2D eigenvalue weighted by molar-refractivity contribution is -0.142. The van der Waals surface area contributed by atoms with E-state index in [1.807, 2.05) is 0 Å². The van der Waals surface area contributed by atoms with Gasteiger partial charge in [-0.3, -0.25) is 4.68 Å². The highest BCUT2D eigenvalue weighted by molar-refractivity contribution is 5.59. The van der Waals surface area contributed by atoms with E-state index in [9.17, 15) is 13.2 Å². The molecule has 0 spiro atoms. The van der Waals surface area contributed by atoms with Gasteiger partial charge in [-0.15, -0.1) is 0 Å². The van der Waals surface area contributed by atoms with Crippen LogP contribution in [-0.4, -0.2) is 16.0 Å². The number of nitrogens with zero attached hydrogens (tertiary/aromatic N) is 2. The van der Waals surface area contributed by atoms with Crippen molar-refractivity contribution in [1.29, 1.82) is 0 Å². The monoisotopic (exact) mass is 190 g/mol. The lowest BCUT2D eigenvalue weighted by atomic mass is 10.2. The molecule has 13 heavy (non-hydrogen) atoms. The van der Waals surface area contributed by atoms with Gasteiger partial charge in [-0.2, -0.15) is 18.3 Å². The number of halogens is 3. The minimum absolute atomic E-state index is 0.629. The van der Waals surface area contributed by atoms with Crippen molar-refractivity contribution in [2.24, 2.45) is 0 Å². The summed E-state index contributed by atoms with van der Waals surface area (Å²) in [6.45, 7) is 4.26. The molecule has 0 fully saturated rings. The number of allylic oxidation sites excluding steroid dienone is 1. The Bertz CT molecular complexity index is 311. The van der Waals surface area contributed by atoms with Gasteiger partial charge in [0.2, 0.25) is 0 Å². The maximum atomic E-state index is 11.9. The van der Waals surface area contributed by atoms with Gasteiger partial charge in [0.1, 0.15) is 6.54 Å². The van der Waals surface area contributed by atoms with Gasteiger partial charge in [0.05, 0.1) is 6.20 Å². The summed E-state index contributed by atoms with van der Waals surface area (Å²) >= 11 is 0. The van der Waals surface area contributed by atoms with Crippen LogP contribution in [0.2, 0.25) is 0 Å². The molecular formula is C8H9F3N2. The molecule has 0 aliphatic heterocycles. The summed E-state index contributed by atoms with van der Waals surface area (Å²) in [5, 5.41) is 3.56. The third-order valence-corrected chi connectivity index (χ3v) is 1.47. The van der Waals surface area contributed by atoms with Gasteiger partial charge in [0.25, 0.3) is 0 Å². The maximum Gasteiger partial charge on any atom is 0.408 e. The quantitative estimate of drug-likeness (QED) is 0.700. The van der Waals surface area contributed by atoms with Gasteiger partial charge in [-0.05, 0) is 12.5 Å². The molecule has 0 saturated heterocycles. The molecule has 0 atom stereocenters. The molecule has 0 unspecified atom stereocenters. The van der Waals surface area contributed by atoms with Gasteiger partial charge in [0.15, 0.2) is 0 Å². The Balaban J connectivity index is 2.75. The van der Waals surface area contributed by atoms with Crippen LogP contribution in [0.3, 0.4) is 0 Å². The summed E-state index contributed by atoms with van der Waals surface area (Å²) < 4.78 is 36.5. The Labute approximate surface area is 73.7 Å². The van der Waals surface area contributed by atoms with Gasteiger partial charge < -0.3 is 0 Å². The van der Waals surface area contributed by atoms with Crippen molar-refractivity contribution >= 4 is 5.57 Å². The molecular weight excluding hydrogens is 181 g/mol. The summed E-state index contributed by atoms with van der Waals surface area (Å²) in [5.41, 5.74) is 1.33. The Morgan fingerprint density at radius 2 is 2.23 bits per heavy atom. The Morgan fingerprint density at radius 1 is 1.62 bits per heavy atom. The van der Waals surface area contributed by atoms with Crippen LogP contribution in [0, 0.1) is 0 Å². The summed E-state index contributed by atoms with van der Waals surface area (Å²) in [4.78, 5) is 0. The number of hydrogen-bond donors (Lipinski definition) is 0. The average molecular weight is 190 g/mol. The third-order valence-electron chi connectivity index (χ3n) is 1.47. The zero-order chi connectivity index (χ0) is 10.1. The maximum absolute atomic E-state index is 11.9. The van der Waals surface area contributed by atoms with Crippen LogP contribution in [0.15, 0.2) is 19.0 Å². The Hall–Kier alpha value is -1.26. The highest BCUT2D eigenvalue weighted by atomic mass is 19.4. The molecule has 1 aromatic rings. The molecule has 0 aliphatic rings. The molecule has 2 nitrogen and oxygen atoms in total. The van der Waals surface area contributed by atoms with Crippen molar-refractivity contribution in [1.82, 2.24) is 9.78 Å². The predicted molar refractivity (Wildman–Crippen MR) is 43.0 cm³/mol. The number of hydrogen-bond acceptors (Lipinski definition) is 1. The first kappa shape index (κ1) is 9.83. The van der Waals surface area contributed by atoms with E-state index in [2.05, 4.69) is 11.7 Å². The van der Waals surface area contributed by atoms with E-state index in [0.717, 1.165) is 4.68 Å². The molecule has 0 bridgehead atoms.